The summed E-state index contributed by atoms with van der Waals surface area (Å²) in [6.07, 6.45) is 0.418. The van der Waals surface area contributed by atoms with Crippen molar-refractivity contribution in [3.63, 3.8) is 0 Å². The lowest BCUT2D eigenvalue weighted by Gasteiger charge is -2.21. The zero-order valence-electron chi connectivity index (χ0n) is 12.3. The van der Waals surface area contributed by atoms with Gasteiger partial charge in [-0.05, 0) is 31.5 Å². The van der Waals surface area contributed by atoms with Gasteiger partial charge in [-0.1, -0.05) is 6.07 Å². The minimum absolute atomic E-state index is 0.0746. The molecule has 2 rings (SSSR count). The summed E-state index contributed by atoms with van der Waals surface area (Å²) in [7, 11) is -3.75. The quantitative estimate of drug-likeness (QED) is 0.812. The van der Waals surface area contributed by atoms with E-state index >= 15 is 0 Å². The molecule has 0 aromatic heterocycles. The number of hydrogen-bond acceptors (Lipinski definition) is 5. The number of sulfonamides is 1. The molecule has 0 spiro atoms. The lowest BCUT2D eigenvalue weighted by Crippen LogP contribution is -2.43. The molecule has 0 unspecified atom stereocenters. The van der Waals surface area contributed by atoms with Crippen molar-refractivity contribution < 1.29 is 23.0 Å². The van der Waals surface area contributed by atoms with Gasteiger partial charge in [-0.3, -0.25) is 0 Å². The molecule has 1 fully saturated rings. The number of ether oxygens (including phenoxy) is 2. The van der Waals surface area contributed by atoms with E-state index in [0.717, 1.165) is 5.56 Å². The van der Waals surface area contributed by atoms with Gasteiger partial charge >= 0.3 is 0 Å². The summed E-state index contributed by atoms with van der Waals surface area (Å²) in [4.78, 5) is 0.0897. The average Bonchev–Trinajstić information content (AvgIpc) is 2.87. The monoisotopic (exact) mass is 315 g/mol. The van der Waals surface area contributed by atoms with Crippen LogP contribution >= 0.6 is 0 Å². The number of aliphatic hydroxyl groups is 1. The summed E-state index contributed by atoms with van der Waals surface area (Å²) >= 11 is 0. The fourth-order valence-corrected chi connectivity index (χ4v) is 3.49. The van der Waals surface area contributed by atoms with E-state index in [1.54, 1.807) is 25.1 Å². The van der Waals surface area contributed by atoms with Gasteiger partial charge in [-0.15, -0.1) is 0 Å². The minimum atomic E-state index is -3.75. The van der Waals surface area contributed by atoms with Gasteiger partial charge in [0.25, 0.3) is 0 Å². The third-order valence-electron chi connectivity index (χ3n) is 3.36. The predicted octanol–water partition coefficient (Wildman–Crippen LogP) is 0.823. The number of aryl methyl sites for hydroxylation is 1. The van der Waals surface area contributed by atoms with Crippen LogP contribution < -0.4 is 9.46 Å². The van der Waals surface area contributed by atoms with Gasteiger partial charge in [0, 0.05) is 19.6 Å². The Kier molecular flexibility index (Phi) is 4.88. The van der Waals surface area contributed by atoms with Crippen molar-refractivity contribution >= 4 is 10.0 Å². The molecule has 118 valence electrons. The van der Waals surface area contributed by atoms with Crippen LogP contribution in [0.3, 0.4) is 0 Å². The Morgan fingerprint density at radius 3 is 2.86 bits per heavy atom. The molecule has 1 aromatic carbocycles. The second-order valence-electron chi connectivity index (χ2n) is 5.23. The van der Waals surface area contributed by atoms with E-state index in [-0.39, 0.29) is 18.0 Å². The van der Waals surface area contributed by atoms with E-state index in [1.807, 2.05) is 6.92 Å². The maximum absolute atomic E-state index is 12.4. The molecule has 1 aromatic rings. The van der Waals surface area contributed by atoms with Gasteiger partial charge in [-0.25, -0.2) is 13.1 Å². The molecule has 1 aliphatic rings. The number of nitrogens with one attached hydrogen (secondary N) is 1. The smallest absolute Gasteiger partial charge is 0.244 e. The van der Waals surface area contributed by atoms with E-state index in [1.165, 1.54) is 0 Å². The van der Waals surface area contributed by atoms with Crippen molar-refractivity contribution in [3.8, 4) is 5.75 Å². The summed E-state index contributed by atoms with van der Waals surface area (Å²) in [5, 5.41) is 10.1. The molecule has 0 radical (unpaired) electrons. The van der Waals surface area contributed by atoms with Crippen LogP contribution in [0.2, 0.25) is 0 Å². The standard InChI is InChI=1S/C14H21NO5S/c1-3-20-12-5-4-11(2)8-13(12)21(17,18)15-9-14(16)6-7-19-10-14/h4-5,8,15-16H,3,6-7,9-10H2,1-2H3/t14-/m1/s1. The minimum Gasteiger partial charge on any atom is -0.492 e. The molecule has 1 aliphatic heterocycles. The number of benzene rings is 1. The van der Waals surface area contributed by atoms with Crippen LogP contribution in [0.1, 0.15) is 18.9 Å². The van der Waals surface area contributed by atoms with Crippen LogP contribution in [0, 0.1) is 6.92 Å². The van der Waals surface area contributed by atoms with Gasteiger partial charge in [0.15, 0.2) is 0 Å². The summed E-state index contributed by atoms with van der Waals surface area (Å²) in [5.41, 5.74) is -0.315. The molecular weight excluding hydrogens is 294 g/mol. The Balaban J connectivity index is 2.20. The highest BCUT2D eigenvalue weighted by molar-refractivity contribution is 7.89. The third kappa shape index (κ3) is 3.94. The number of rotatable bonds is 6. The van der Waals surface area contributed by atoms with Crippen LogP contribution in [0.5, 0.6) is 5.75 Å². The molecule has 7 heteroatoms. The molecule has 1 saturated heterocycles. The molecule has 0 aliphatic carbocycles. The zero-order chi connectivity index (χ0) is 15.5. The summed E-state index contributed by atoms with van der Waals surface area (Å²) in [5.74, 6) is 0.310. The van der Waals surface area contributed by atoms with Crippen molar-refractivity contribution in [1.82, 2.24) is 4.72 Å². The van der Waals surface area contributed by atoms with Crippen LogP contribution in [0.25, 0.3) is 0 Å². The van der Waals surface area contributed by atoms with Gasteiger partial charge in [0.05, 0.1) is 13.2 Å². The van der Waals surface area contributed by atoms with Gasteiger partial charge in [-0.2, -0.15) is 0 Å². The first-order valence-electron chi connectivity index (χ1n) is 6.89. The Morgan fingerprint density at radius 1 is 1.48 bits per heavy atom. The largest absolute Gasteiger partial charge is 0.492 e. The van der Waals surface area contributed by atoms with Crippen LogP contribution in [-0.4, -0.2) is 45.5 Å². The maximum atomic E-state index is 12.4. The molecule has 2 N–H and O–H groups in total. The third-order valence-corrected chi connectivity index (χ3v) is 4.78. The lowest BCUT2D eigenvalue weighted by molar-refractivity contribution is 0.0314. The van der Waals surface area contributed by atoms with E-state index in [2.05, 4.69) is 4.72 Å². The summed E-state index contributed by atoms with van der Waals surface area (Å²) < 4.78 is 37.8. The first kappa shape index (κ1) is 16.2. The Hall–Kier alpha value is -1.15. The van der Waals surface area contributed by atoms with E-state index < -0.39 is 15.6 Å². The molecule has 0 bridgehead atoms. The molecule has 1 atom stereocenters. The van der Waals surface area contributed by atoms with Gasteiger partial charge in [0.1, 0.15) is 16.2 Å². The van der Waals surface area contributed by atoms with Crippen LogP contribution in [0.4, 0.5) is 0 Å². The van der Waals surface area contributed by atoms with Gasteiger partial charge in [0.2, 0.25) is 10.0 Å². The topological polar surface area (TPSA) is 84.9 Å². The van der Waals surface area contributed by atoms with E-state index in [0.29, 0.717) is 25.4 Å². The summed E-state index contributed by atoms with van der Waals surface area (Å²) in [6.45, 7) is 4.49. The highest BCUT2D eigenvalue weighted by atomic mass is 32.2. The van der Waals surface area contributed by atoms with Gasteiger partial charge < -0.3 is 14.6 Å². The highest BCUT2D eigenvalue weighted by Gasteiger charge is 2.34. The fourth-order valence-electron chi connectivity index (χ4n) is 2.14. The van der Waals surface area contributed by atoms with E-state index in [9.17, 15) is 13.5 Å². The number of hydrogen-bond donors (Lipinski definition) is 2. The molecule has 0 amide bonds. The molecular formula is C14H21NO5S. The highest BCUT2D eigenvalue weighted by Crippen LogP contribution is 2.26. The van der Waals surface area contributed by atoms with Crippen molar-refractivity contribution in [2.24, 2.45) is 0 Å². The second kappa shape index (κ2) is 6.31. The average molecular weight is 315 g/mol. The van der Waals surface area contributed by atoms with Crippen molar-refractivity contribution in [3.05, 3.63) is 23.8 Å². The van der Waals surface area contributed by atoms with Crippen molar-refractivity contribution in [2.75, 3.05) is 26.4 Å². The van der Waals surface area contributed by atoms with E-state index in [4.69, 9.17) is 9.47 Å². The van der Waals surface area contributed by atoms with Crippen LogP contribution in [-0.2, 0) is 14.8 Å². The van der Waals surface area contributed by atoms with Crippen LogP contribution in [0.15, 0.2) is 23.1 Å². The lowest BCUT2D eigenvalue weighted by atomic mass is 10.1. The first-order valence-corrected chi connectivity index (χ1v) is 8.38. The molecule has 21 heavy (non-hydrogen) atoms. The molecule has 0 saturated carbocycles. The summed E-state index contributed by atoms with van der Waals surface area (Å²) in [6, 6.07) is 4.99. The Morgan fingerprint density at radius 2 is 2.24 bits per heavy atom. The predicted molar refractivity (Wildman–Crippen MR) is 77.9 cm³/mol. The Bertz CT molecular complexity index is 593. The SMILES string of the molecule is CCOc1ccc(C)cc1S(=O)(=O)NC[C@]1(O)CCOC1. The van der Waals surface area contributed by atoms with Crippen molar-refractivity contribution in [2.45, 2.75) is 30.8 Å². The zero-order valence-corrected chi connectivity index (χ0v) is 13.1. The normalized spacial score (nSPS) is 22.4. The first-order chi connectivity index (χ1) is 9.86. The maximum Gasteiger partial charge on any atom is 0.244 e. The Labute approximate surface area is 125 Å². The fraction of sp³-hybridized carbons (Fsp3) is 0.571. The van der Waals surface area contributed by atoms with Crippen molar-refractivity contribution in [1.29, 1.82) is 0 Å². The second-order valence-corrected chi connectivity index (χ2v) is 6.97. The molecule has 1 heterocycles. The molecule has 6 nitrogen and oxygen atoms in total.